The van der Waals surface area contributed by atoms with Crippen molar-refractivity contribution in [2.24, 2.45) is 0 Å². The summed E-state index contributed by atoms with van der Waals surface area (Å²) in [5, 5.41) is 0. The molecule has 0 fully saturated rings. The number of rotatable bonds is 6. The lowest BCUT2D eigenvalue weighted by atomic mass is 9.94. The monoisotopic (exact) mass is 988 g/mol. The number of carbonyl (C=O) groups is 2. The van der Waals surface area contributed by atoms with Crippen LogP contribution in [-0.2, 0) is 16.8 Å². The highest BCUT2D eigenvalue weighted by Crippen LogP contribution is 2.59. The lowest BCUT2D eigenvalue weighted by Crippen LogP contribution is -2.27. The number of aromatic nitrogens is 6. The highest BCUT2D eigenvalue weighted by molar-refractivity contribution is 7.27. The molecule has 0 spiro atoms. The maximum Gasteiger partial charge on any atom is 0.160 e. The number of ether oxygens (including phenoxy) is 3. The molecule has 19 heteroatoms. The van der Waals surface area contributed by atoms with Gasteiger partial charge in [-0.1, -0.05) is 0 Å². The van der Waals surface area contributed by atoms with E-state index in [2.05, 4.69) is 65.8 Å². The maximum atomic E-state index is 11.7. The van der Waals surface area contributed by atoms with Gasteiger partial charge < -0.3 is 14.2 Å². The minimum Gasteiger partial charge on any atom is -0.482 e. The molecule has 3 aliphatic heterocycles. The summed E-state index contributed by atoms with van der Waals surface area (Å²) in [5.41, 5.74) is 7.89. The Bertz CT molecular complexity index is 3660. The van der Waals surface area contributed by atoms with Crippen molar-refractivity contribution in [2.75, 3.05) is 0 Å². The van der Waals surface area contributed by atoms with Crippen molar-refractivity contribution in [1.29, 1.82) is 0 Å². The molecule has 13 heterocycles. The van der Waals surface area contributed by atoms with Gasteiger partial charge in [0.2, 0.25) is 0 Å². The van der Waals surface area contributed by atoms with E-state index in [0.29, 0.717) is 9.75 Å². The highest BCUT2D eigenvalue weighted by atomic mass is 32.1. The summed E-state index contributed by atoms with van der Waals surface area (Å²) in [4.78, 5) is 45.0. The molecule has 0 aromatic carbocycles. The number of pyridine rings is 2. The summed E-state index contributed by atoms with van der Waals surface area (Å²) in [7, 11) is 0. The fourth-order valence-electron chi connectivity index (χ4n) is 8.75. The van der Waals surface area contributed by atoms with E-state index in [-0.39, 0.29) is 0 Å². The molecule has 0 saturated carbocycles. The van der Waals surface area contributed by atoms with Crippen molar-refractivity contribution in [1.82, 2.24) is 27.5 Å². The summed E-state index contributed by atoms with van der Waals surface area (Å²) < 4.78 is 38.8. The molecule has 316 valence electrons. The molecule has 0 N–H and O–H groups in total. The first-order chi connectivity index (χ1) is 30.8. The van der Waals surface area contributed by atoms with E-state index in [1.54, 1.807) is 45.3 Å². The zero-order valence-corrected chi connectivity index (χ0v) is 40.8. The molecule has 10 aromatic rings. The van der Waals surface area contributed by atoms with E-state index in [9.17, 15) is 9.59 Å². The van der Waals surface area contributed by atoms with E-state index < -0.39 is 16.8 Å². The van der Waals surface area contributed by atoms with Crippen molar-refractivity contribution in [3.8, 4) is 88.5 Å². The minimum atomic E-state index is -0.609. The fraction of sp³-hybridized carbons (Fsp3) is 0.200. The number of hydrogen-bond acceptors (Lipinski definition) is 19. The molecular weight excluding hydrogens is 961 g/mol. The van der Waals surface area contributed by atoms with Crippen molar-refractivity contribution in [2.45, 2.75) is 58.3 Å². The Morgan fingerprint density at radius 3 is 1.25 bits per heavy atom. The Morgan fingerprint density at radius 2 is 0.797 bits per heavy atom. The normalized spacial score (nSPS) is 15.9. The van der Waals surface area contributed by atoms with E-state index in [1.165, 1.54) is 46.1 Å². The molecule has 0 saturated heterocycles. The van der Waals surface area contributed by atoms with Crippen LogP contribution >= 0.6 is 91.5 Å². The second-order valence-electron chi connectivity index (χ2n) is 17.1. The van der Waals surface area contributed by atoms with E-state index >= 15 is 0 Å². The highest BCUT2D eigenvalue weighted by Gasteiger charge is 2.40. The third-order valence-electron chi connectivity index (χ3n) is 11.8. The van der Waals surface area contributed by atoms with Crippen LogP contribution in [0.1, 0.15) is 77.6 Å². The van der Waals surface area contributed by atoms with Crippen LogP contribution in [0.4, 0.5) is 0 Å². The third-order valence-corrected chi connectivity index (χ3v) is 20.0. The predicted octanol–water partition coefficient (Wildman–Crippen LogP) is 14.0. The lowest BCUT2D eigenvalue weighted by molar-refractivity contribution is 0.106. The van der Waals surface area contributed by atoms with E-state index in [1.807, 2.05) is 24.5 Å². The Balaban J connectivity index is 0.870. The largest absolute Gasteiger partial charge is 0.482 e. The second kappa shape index (κ2) is 13.5. The second-order valence-corrected chi connectivity index (χ2v) is 24.5. The molecule has 13 rings (SSSR count). The standard InChI is InChI=1S/C45H28N6O5S8/c1-43(2)21-9-27(19-13-46-33(35-31(19)48-63-50-35)29-10-22-37(61-29)40-24(54-44(22,3)4)7-17(15-52)57-40)59-39(21)42-26(56-43)12-28(60-42)20-14-47-34(36-32(20)49-64-51-36)30-11-23-38(62-30)41-25(55-45(23,5)6)8-18(16-53)58-41/h7-16H,1-6H3. The van der Waals surface area contributed by atoms with Crippen LogP contribution in [-0.4, -0.2) is 40.0 Å². The van der Waals surface area contributed by atoms with Gasteiger partial charge in [0.25, 0.3) is 0 Å². The van der Waals surface area contributed by atoms with Gasteiger partial charge in [0.05, 0.1) is 72.2 Å². The summed E-state index contributed by atoms with van der Waals surface area (Å²) in [6.07, 6.45) is 5.58. The third kappa shape index (κ3) is 5.61. The van der Waals surface area contributed by atoms with Gasteiger partial charge in [0, 0.05) is 62.1 Å². The SMILES string of the molecule is CC1(C)Oc2cc(-c3cnc(-c4cc5c(s4)-c4sc(C=O)cc4OC5(C)C)c4nsnc34)sc2-c2sc(-c3cnc(-c4cc5c(s4)-c4sc(C=O)cc4OC5(C)C)c4nsnc34)cc21. The summed E-state index contributed by atoms with van der Waals surface area (Å²) >= 11 is 11.9. The Morgan fingerprint density at radius 1 is 0.438 bits per heavy atom. The molecule has 0 unspecified atom stereocenters. The van der Waals surface area contributed by atoms with Crippen LogP contribution in [0.25, 0.3) is 93.4 Å². The Hall–Kier alpha value is -5.12. The number of nitrogens with zero attached hydrogens (tertiary/aromatic N) is 6. The van der Waals surface area contributed by atoms with Crippen LogP contribution in [0.3, 0.4) is 0 Å². The maximum absolute atomic E-state index is 11.7. The van der Waals surface area contributed by atoms with Crippen LogP contribution in [0.5, 0.6) is 17.2 Å². The van der Waals surface area contributed by atoms with Gasteiger partial charge in [-0.2, -0.15) is 17.5 Å². The van der Waals surface area contributed by atoms with Gasteiger partial charge in [-0.15, -0.1) is 68.0 Å². The van der Waals surface area contributed by atoms with E-state index in [4.69, 9.17) is 41.7 Å². The van der Waals surface area contributed by atoms with Crippen LogP contribution in [0.2, 0.25) is 0 Å². The molecule has 64 heavy (non-hydrogen) atoms. The van der Waals surface area contributed by atoms with Gasteiger partial charge in [-0.25, -0.2) is 0 Å². The number of thiophene rings is 6. The number of aldehydes is 2. The topological polar surface area (TPSA) is 139 Å². The van der Waals surface area contributed by atoms with Crippen LogP contribution < -0.4 is 14.2 Å². The number of hydrogen-bond donors (Lipinski definition) is 0. The first-order valence-corrected chi connectivity index (χ1v) is 26.2. The fourth-order valence-corrected chi connectivity index (χ4v) is 17.1. The molecule has 0 bridgehead atoms. The summed E-state index contributed by atoms with van der Waals surface area (Å²) in [6.45, 7) is 12.4. The van der Waals surface area contributed by atoms with E-state index in [0.717, 1.165) is 140 Å². The molecule has 0 aliphatic carbocycles. The smallest absolute Gasteiger partial charge is 0.160 e. The molecular formula is C45H28N6O5S8. The van der Waals surface area contributed by atoms with Crippen molar-refractivity contribution < 1.29 is 23.8 Å². The van der Waals surface area contributed by atoms with Crippen LogP contribution in [0, 0.1) is 0 Å². The average Bonchev–Trinajstić information content (AvgIpc) is 4.09. The van der Waals surface area contributed by atoms with Crippen molar-refractivity contribution >= 4 is 126 Å². The van der Waals surface area contributed by atoms with Gasteiger partial charge in [-0.05, 0) is 65.8 Å². The first-order valence-electron chi connectivity index (χ1n) is 19.9. The average molecular weight is 989 g/mol. The molecule has 3 aliphatic rings. The predicted molar refractivity (Wildman–Crippen MR) is 261 cm³/mol. The summed E-state index contributed by atoms with van der Waals surface area (Å²) in [5.74, 6) is 2.29. The van der Waals surface area contributed by atoms with Crippen molar-refractivity contribution in [3.05, 3.63) is 75.2 Å². The van der Waals surface area contributed by atoms with Crippen molar-refractivity contribution in [3.63, 3.8) is 0 Å². The molecule has 0 radical (unpaired) electrons. The summed E-state index contributed by atoms with van der Waals surface area (Å²) in [6, 6.07) is 12.3. The van der Waals surface area contributed by atoms with Gasteiger partial charge in [0.1, 0.15) is 67.5 Å². The van der Waals surface area contributed by atoms with Gasteiger partial charge >= 0.3 is 0 Å². The molecule has 0 atom stereocenters. The van der Waals surface area contributed by atoms with Crippen LogP contribution in [0.15, 0.2) is 48.8 Å². The first kappa shape index (κ1) is 39.3. The zero-order valence-electron chi connectivity index (χ0n) is 34.3. The molecule has 10 aromatic heterocycles. The minimum absolute atomic E-state index is 0.579. The van der Waals surface area contributed by atoms with Gasteiger partial charge in [0.15, 0.2) is 12.6 Å². The Labute approximate surface area is 396 Å². The quantitative estimate of drug-likeness (QED) is 0.147. The zero-order chi connectivity index (χ0) is 43.6. The number of carbonyl (C=O) groups excluding carboxylic acids is 2. The molecule has 0 amide bonds. The van der Waals surface area contributed by atoms with Gasteiger partial charge in [-0.3, -0.25) is 19.6 Å². The lowest BCUT2D eigenvalue weighted by Gasteiger charge is -2.31. The molecule has 11 nitrogen and oxygen atoms in total. The Kier molecular flexibility index (Phi) is 8.27. The number of fused-ring (bicyclic) bond motifs is 11.